The van der Waals surface area contributed by atoms with Gasteiger partial charge in [0.15, 0.2) is 0 Å². The SMILES string of the molecule is CCOCc1cccc2[nH]c3cnc(-c4noc(CC)n4)c(C)c3c12. The van der Waals surface area contributed by atoms with E-state index in [1.807, 2.05) is 26.1 Å². The predicted octanol–water partition coefficient (Wildman–Crippen LogP) is 4.17. The van der Waals surface area contributed by atoms with Crippen molar-refractivity contribution in [1.29, 1.82) is 0 Å². The van der Waals surface area contributed by atoms with Gasteiger partial charge in [0.25, 0.3) is 0 Å². The Balaban J connectivity index is 1.96. The summed E-state index contributed by atoms with van der Waals surface area (Å²) >= 11 is 0. The second kappa shape index (κ2) is 6.29. The first kappa shape index (κ1) is 15.8. The number of H-pyrrole nitrogens is 1. The normalized spacial score (nSPS) is 11.6. The summed E-state index contributed by atoms with van der Waals surface area (Å²) in [4.78, 5) is 12.4. The molecule has 0 fully saturated rings. The van der Waals surface area contributed by atoms with Crippen LogP contribution < -0.4 is 0 Å². The Morgan fingerprint density at radius 1 is 1.16 bits per heavy atom. The van der Waals surface area contributed by atoms with Gasteiger partial charge in [-0.15, -0.1) is 0 Å². The molecule has 0 bridgehead atoms. The fraction of sp³-hybridized carbons (Fsp3) is 0.316. The first-order valence-corrected chi connectivity index (χ1v) is 8.52. The van der Waals surface area contributed by atoms with E-state index in [1.165, 1.54) is 5.39 Å². The van der Waals surface area contributed by atoms with Crippen LogP contribution in [0.5, 0.6) is 0 Å². The van der Waals surface area contributed by atoms with Crippen LogP contribution in [0.25, 0.3) is 33.3 Å². The van der Waals surface area contributed by atoms with Gasteiger partial charge in [0.2, 0.25) is 11.7 Å². The van der Waals surface area contributed by atoms with E-state index >= 15 is 0 Å². The van der Waals surface area contributed by atoms with Crippen LogP contribution in [-0.4, -0.2) is 26.7 Å². The maximum absolute atomic E-state index is 5.65. The quantitative estimate of drug-likeness (QED) is 0.592. The number of aryl methyl sites for hydroxylation is 2. The average Bonchev–Trinajstić information content (AvgIpc) is 3.24. The Morgan fingerprint density at radius 3 is 2.80 bits per heavy atom. The van der Waals surface area contributed by atoms with Crippen LogP contribution in [0.4, 0.5) is 0 Å². The molecule has 0 amide bonds. The van der Waals surface area contributed by atoms with E-state index in [0.717, 1.165) is 33.2 Å². The van der Waals surface area contributed by atoms with E-state index in [0.29, 0.717) is 31.3 Å². The average molecular weight is 336 g/mol. The number of nitrogens with zero attached hydrogens (tertiary/aromatic N) is 3. The van der Waals surface area contributed by atoms with E-state index in [-0.39, 0.29) is 0 Å². The molecular weight excluding hydrogens is 316 g/mol. The molecule has 0 unspecified atom stereocenters. The van der Waals surface area contributed by atoms with Crippen molar-refractivity contribution < 1.29 is 9.26 Å². The van der Waals surface area contributed by atoms with Crippen LogP contribution in [-0.2, 0) is 17.8 Å². The third-order valence-electron chi connectivity index (χ3n) is 4.44. The molecule has 1 aromatic carbocycles. The summed E-state index contributed by atoms with van der Waals surface area (Å²) in [6, 6.07) is 6.23. The summed E-state index contributed by atoms with van der Waals surface area (Å²) in [5, 5.41) is 6.39. The highest BCUT2D eigenvalue weighted by molar-refractivity contribution is 6.11. The number of fused-ring (bicyclic) bond motifs is 3. The molecule has 0 atom stereocenters. The lowest BCUT2D eigenvalue weighted by Crippen LogP contribution is -1.94. The van der Waals surface area contributed by atoms with Gasteiger partial charge in [0, 0.05) is 29.3 Å². The Morgan fingerprint density at radius 2 is 2.04 bits per heavy atom. The minimum Gasteiger partial charge on any atom is -0.377 e. The monoisotopic (exact) mass is 336 g/mol. The lowest BCUT2D eigenvalue weighted by Gasteiger charge is -2.06. The van der Waals surface area contributed by atoms with Crippen molar-refractivity contribution in [1.82, 2.24) is 20.1 Å². The number of pyridine rings is 1. The summed E-state index contributed by atoms with van der Waals surface area (Å²) in [6.45, 7) is 7.31. The molecular formula is C19H20N4O2. The molecule has 128 valence electrons. The van der Waals surface area contributed by atoms with Crippen LogP contribution in [0.1, 0.15) is 30.9 Å². The van der Waals surface area contributed by atoms with Gasteiger partial charge >= 0.3 is 0 Å². The van der Waals surface area contributed by atoms with Crippen molar-refractivity contribution in [3.05, 3.63) is 41.4 Å². The highest BCUT2D eigenvalue weighted by Crippen LogP contribution is 2.34. The smallest absolute Gasteiger partial charge is 0.226 e. The third kappa shape index (κ3) is 2.59. The molecule has 0 aliphatic heterocycles. The Bertz CT molecular complexity index is 1050. The number of nitrogens with one attached hydrogen (secondary N) is 1. The molecule has 1 N–H and O–H groups in total. The Kier molecular flexibility index (Phi) is 3.97. The van der Waals surface area contributed by atoms with Gasteiger partial charge < -0.3 is 14.2 Å². The number of ether oxygens (including phenoxy) is 1. The second-order valence-electron chi connectivity index (χ2n) is 5.99. The molecule has 3 heterocycles. The lowest BCUT2D eigenvalue weighted by molar-refractivity contribution is 0.135. The van der Waals surface area contributed by atoms with E-state index in [2.05, 4.69) is 39.2 Å². The van der Waals surface area contributed by atoms with Gasteiger partial charge in [-0.25, -0.2) is 0 Å². The molecule has 0 spiro atoms. The van der Waals surface area contributed by atoms with Crippen LogP contribution in [0.2, 0.25) is 0 Å². The van der Waals surface area contributed by atoms with E-state index < -0.39 is 0 Å². The van der Waals surface area contributed by atoms with Crippen molar-refractivity contribution in [2.45, 2.75) is 33.8 Å². The summed E-state index contributed by atoms with van der Waals surface area (Å²) in [7, 11) is 0. The predicted molar refractivity (Wildman–Crippen MR) is 96.3 cm³/mol. The number of rotatable bonds is 5. The van der Waals surface area contributed by atoms with E-state index in [9.17, 15) is 0 Å². The summed E-state index contributed by atoms with van der Waals surface area (Å²) in [5.74, 6) is 1.15. The molecule has 0 radical (unpaired) electrons. The Labute approximate surface area is 145 Å². The minimum absolute atomic E-state index is 0.535. The first-order chi connectivity index (χ1) is 12.2. The maximum Gasteiger partial charge on any atom is 0.226 e. The lowest BCUT2D eigenvalue weighted by atomic mass is 10.0. The highest BCUT2D eigenvalue weighted by Gasteiger charge is 2.18. The number of hydrogen-bond donors (Lipinski definition) is 1. The second-order valence-corrected chi connectivity index (χ2v) is 5.99. The minimum atomic E-state index is 0.535. The molecule has 0 saturated heterocycles. The highest BCUT2D eigenvalue weighted by atomic mass is 16.5. The molecule has 0 aliphatic carbocycles. The molecule has 4 aromatic rings. The van der Waals surface area contributed by atoms with Crippen LogP contribution in [0, 0.1) is 6.92 Å². The van der Waals surface area contributed by atoms with Crippen molar-refractivity contribution in [3.63, 3.8) is 0 Å². The number of hydrogen-bond acceptors (Lipinski definition) is 5. The molecule has 6 heteroatoms. The molecule has 3 aromatic heterocycles. The fourth-order valence-electron chi connectivity index (χ4n) is 3.22. The fourth-order valence-corrected chi connectivity index (χ4v) is 3.22. The zero-order valence-electron chi connectivity index (χ0n) is 14.6. The van der Waals surface area contributed by atoms with Crippen LogP contribution >= 0.6 is 0 Å². The summed E-state index contributed by atoms with van der Waals surface area (Å²) < 4.78 is 10.9. The van der Waals surface area contributed by atoms with E-state index in [1.54, 1.807) is 0 Å². The van der Waals surface area contributed by atoms with Crippen molar-refractivity contribution >= 4 is 21.8 Å². The largest absolute Gasteiger partial charge is 0.377 e. The molecule has 0 aliphatic rings. The van der Waals surface area contributed by atoms with Crippen LogP contribution in [0.15, 0.2) is 28.9 Å². The van der Waals surface area contributed by atoms with E-state index in [4.69, 9.17) is 9.26 Å². The Hall–Kier alpha value is -2.73. The number of aromatic nitrogens is 4. The molecule has 0 saturated carbocycles. The molecule has 4 rings (SSSR count). The van der Waals surface area contributed by atoms with Gasteiger partial charge in [0.05, 0.1) is 18.3 Å². The maximum atomic E-state index is 5.65. The zero-order valence-corrected chi connectivity index (χ0v) is 14.6. The molecule has 25 heavy (non-hydrogen) atoms. The van der Waals surface area contributed by atoms with Gasteiger partial charge in [-0.2, -0.15) is 4.98 Å². The van der Waals surface area contributed by atoms with Gasteiger partial charge in [-0.1, -0.05) is 24.2 Å². The first-order valence-electron chi connectivity index (χ1n) is 8.52. The number of aromatic amines is 1. The van der Waals surface area contributed by atoms with Crippen molar-refractivity contribution in [2.24, 2.45) is 0 Å². The topological polar surface area (TPSA) is 76.8 Å². The number of benzene rings is 1. The third-order valence-corrected chi connectivity index (χ3v) is 4.44. The zero-order chi connectivity index (χ0) is 17.4. The van der Waals surface area contributed by atoms with Crippen LogP contribution in [0.3, 0.4) is 0 Å². The summed E-state index contributed by atoms with van der Waals surface area (Å²) in [6.07, 6.45) is 2.55. The van der Waals surface area contributed by atoms with Gasteiger partial charge in [-0.3, -0.25) is 4.98 Å². The molecule has 6 nitrogen and oxygen atoms in total. The van der Waals surface area contributed by atoms with Crippen molar-refractivity contribution in [2.75, 3.05) is 6.61 Å². The van der Waals surface area contributed by atoms with Gasteiger partial charge in [0.1, 0.15) is 5.69 Å². The van der Waals surface area contributed by atoms with Crippen molar-refractivity contribution in [3.8, 4) is 11.5 Å². The standard InChI is InChI=1S/C19H20N4O2/c1-4-15-22-19(23-25-15)18-11(3)16-14(9-20-18)21-13-8-6-7-12(17(13)16)10-24-5-2/h6-9,21H,4-5,10H2,1-3H3. The summed E-state index contributed by atoms with van der Waals surface area (Å²) in [5.41, 5.74) is 5.03. The van der Waals surface area contributed by atoms with Gasteiger partial charge in [-0.05, 0) is 31.0 Å².